The van der Waals surface area contributed by atoms with Crippen molar-refractivity contribution in [3.05, 3.63) is 11.1 Å². The highest BCUT2D eigenvalue weighted by Gasteiger charge is 2.21. The van der Waals surface area contributed by atoms with Crippen LogP contribution in [0, 0.1) is 0 Å². The number of hydrogen-bond donors (Lipinski definition) is 0. The highest BCUT2D eigenvalue weighted by molar-refractivity contribution is 7.11. The summed E-state index contributed by atoms with van der Waals surface area (Å²) in [5.74, 6) is 0.463. The first-order valence-electron chi connectivity index (χ1n) is 4.63. The molecule has 1 aliphatic heterocycles. The fraction of sp³-hybridized carbons (Fsp3) is 0.667. The zero-order valence-corrected chi connectivity index (χ0v) is 9.64. The number of nitrogens with zero attached hydrogens (tertiary/aromatic N) is 2. The first kappa shape index (κ1) is 10.2. The van der Waals surface area contributed by atoms with Gasteiger partial charge in [0.1, 0.15) is 6.10 Å². The predicted octanol–water partition coefficient (Wildman–Crippen LogP) is 1.96. The summed E-state index contributed by atoms with van der Waals surface area (Å²) in [6.07, 6.45) is 1.39. The van der Waals surface area contributed by atoms with E-state index in [9.17, 15) is 0 Å². The molecule has 1 aliphatic rings. The third-order valence-electron chi connectivity index (χ3n) is 2.28. The summed E-state index contributed by atoms with van der Waals surface area (Å²) in [7, 11) is 2.11. The van der Waals surface area contributed by atoms with E-state index in [0.29, 0.717) is 12.0 Å². The summed E-state index contributed by atoms with van der Waals surface area (Å²) >= 11 is 7.19. The molecule has 1 aromatic rings. The lowest BCUT2D eigenvalue weighted by atomic mass is 10.3. The van der Waals surface area contributed by atoms with Crippen LogP contribution in [-0.4, -0.2) is 36.1 Å². The summed E-state index contributed by atoms with van der Waals surface area (Å²) in [4.78, 5) is 6.53. The van der Waals surface area contributed by atoms with Crippen LogP contribution in [0.3, 0.4) is 0 Å². The van der Waals surface area contributed by atoms with Crippen molar-refractivity contribution in [2.24, 2.45) is 0 Å². The summed E-state index contributed by atoms with van der Waals surface area (Å²) in [5, 5.41) is 2.70. The van der Waals surface area contributed by atoms with Gasteiger partial charge in [0, 0.05) is 18.5 Å². The van der Waals surface area contributed by atoms with Crippen LogP contribution >= 0.6 is 22.9 Å². The number of likely N-dealkylation sites (N-methyl/N-ethyl adjacent to an activating group) is 1. The van der Waals surface area contributed by atoms with Crippen molar-refractivity contribution in [2.75, 3.05) is 20.1 Å². The second kappa shape index (κ2) is 4.47. The average molecular weight is 233 g/mol. The number of likely N-dealkylation sites (tertiary alicyclic amines) is 1. The third-order valence-corrected chi connectivity index (χ3v) is 3.34. The van der Waals surface area contributed by atoms with Gasteiger partial charge >= 0.3 is 0 Å². The van der Waals surface area contributed by atoms with Crippen LogP contribution in [0.4, 0.5) is 0 Å². The molecule has 1 aromatic heterocycles. The smallest absolute Gasteiger partial charge is 0.273 e. The Hall–Kier alpha value is -0.320. The van der Waals surface area contributed by atoms with Gasteiger partial charge in [0.05, 0.1) is 11.6 Å². The molecule has 0 spiro atoms. The third kappa shape index (κ3) is 2.38. The highest BCUT2D eigenvalue weighted by atomic mass is 35.5. The highest BCUT2D eigenvalue weighted by Crippen LogP contribution is 2.22. The van der Waals surface area contributed by atoms with E-state index in [2.05, 4.69) is 16.9 Å². The summed E-state index contributed by atoms with van der Waals surface area (Å²) < 4.78 is 5.74. The second-order valence-electron chi connectivity index (χ2n) is 3.53. The van der Waals surface area contributed by atoms with Gasteiger partial charge in [-0.15, -0.1) is 11.6 Å². The molecule has 14 heavy (non-hydrogen) atoms. The number of thiazole rings is 1. The van der Waals surface area contributed by atoms with Crippen molar-refractivity contribution in [1.29, 1.82) is 0 Å². The van der Waals surface area contributed by atoms with Gasteiger partial charge in [0.15, 0.2) is 0 Å². The maximum atomic E-state index is 5.74. The van der Waals surface area contributed by atoms with Crippen LogP contribution in [-0.2, 0) is 5.88 Å². The zero-order valence-electron chi connectivity index (χ0n) is 8.07. The maximum absolute atomic E-state index is 5.74. The molecule has 0 N–H and O–H groups in total. The zero-order chi connectivity index (χ0) is 9.97. The van der Waals surface area contributed by atoms with Crippen LogP contribution < -0.4 is 4.74 Å². The minimum atomic E-state index is 0.300. The molecule has 0 aliphatic carbocycles. The lowest BCUT2D eigenvalue weighted by Gasteiger charge is -2.10. The van der Waals surface area contributed by atoms with Gasteiger partial charge in [0.2, 0.25) is 0 Å². The van der Waals surface area contributed by atoms with E-state index in [1.54, 1.807) is 0 Å². The first-order valence-corrected chi connectivity index (χ1v) is 6.05. The summed E-state index contributed by atoms with van der Waals surface area (Å²) in [5.41, 5.74) is 0.901. The molecule has 0 bridgehead atoms. The molecular weight excluding hydrogens is 220 g/mol. The second-order valence-corrected chi connectivity index (χ2v) is 4.62. The van der Waals surface area contributed by atoms with E-state index in [4.69, 9.17) is 16.3 Å². The molecule has 1 fully saturated rings. The maximum Gasteiger partial charge on any atom is 0.273 e. The minimum Gasteiger partial charge on any atom is -0.465 e. The number of ether oxygens (including phenoxy) is 1. The van der Waals surface area contributed by atoms with Crippen molar-refractivity contribution >= 4 is 22.9 Å². The largest absolute Gasteiger partial charge is 0.465 e. The molecular formula is C9H13ClN2OS. The standard InChI is InChI=1S/C9H13ClN2OS/c1-12-3-2-8(5-12)13-9-11-7(4-10)6-14-9/h6,8H,2-5H2,1H3. The molecule has 0 radical (unpaired) electrons. The lowest BCUT2D eigenvalue weighted by molar-refractivity contribution is 0.207. The van der Waals surface area contributed by atoms with Crippen LogP contribution in [0.5, 0.6) is 5.19 Å². The van der Waals surface area contributed by atoms with Gasteiger partial charge < -0.3 is 9.64 Å². The van der Waals surface area contributed by atoms with Gasteiger partial charge in [-0.2, -0.15) is 0 Å². The number of halogens is 1. The molecule has 1 unspecified atom stereocenters. The number of alkyl halides is 1. The number of rotatable bonds is 3. The quantitative estimate of drug-likeness (QED) is 0.746. The van der Waals surface area contributed by atoms with Crippen LogP contribution in [0.1, 0.15) is 12.1 Å². The molecule has 1 saturated heterocycles. The van der Waals surface area contributed by atoms with Crippen LogP contribution in [0.15, 0.2) is 5.38 Å². The Labute approximate surface area is 92.7 Å². The Kier molecular flexibility index (Phi) is 3.26. The fourth-order valence-electron chi connectivity index (χ4n) is 1.54. The minimum absolute atomic E-state index is 0.300. The Morgan fingerprint density at radius 2 is 2.64 bits per heavy atom. The van der Waals surface area contributed by atoms with Gasteiger partial charge in [-0.3, -0.25) is 0 Å². The van der Waals surface area contributed by atoms with E-state index in [1.165, 1.54) is 11.3 Å². The average Bonchev–Trinajstić information content (AvgIpc) is 2.76. The van der Waals surface area contributed by atoms with Crippen molar-refractivity contribution < 1.29 is 4.74 Å². The summed E-state index contributed by atoms with van der Waals surface area (Å²) in [6, 6.07) is 0. The van der Waals surface area contributed by atoms with Gasteiger partial charge in [-0.25, -0.2) is 4.98 Å². The Morgan fingerprint density at radius 1 is 1.79 bits per heavy atom. The predicted molar refractivity (Wildman–Crippen MR) is 58.2 cm³/mol. The van der Waals surface area contributed by atoms with Gasteiger partial charge in [-0.1, -0.05) is 11.3 Å². The van der Waals surface area contributed by atoms with Crippen molar-refractivity contribution in [3.8, 4) is 5.19 Å². The Balaban J connectivity index is 1.90. The summed E-state index contributed by atoms with van der Waals surface area (Å²) in [6.45, 7) is 2.11. The number of aromatic nitrogens is 1. The molecule has 0 saturated carbocycles. The van der Waals surface area contributed by atoms with Crippen molar-refractivity contribution in [1.82, 2.24) is 9.88 Å². The van der Waals surface area contributed by atoms with Crippen molar-refractivity contribution in [2.45, 2.75) is 18.4 Å². The van der Waals surface area contributed by atoms with Crippen LogP contribution in [0.25, 0.3) is 0 Å². The van der Waals surface area contributed by atoms with E-state index in [1.807, 2.05) is 5.38 Å². The molecule has 0 amide bonds. The molecule has 3 nitrogen and oxygen atoms in total. The molecule has 2 heterocycles. The van der Waals surface area contributed by atoms with E-state index in [-0.39, 0.29) is 0 Å². The molecule has 2 rings (SSSR count). The molecule has 1 atom stereocenters. The monoisotopic (exact) mass is 232 g/mol. The molecule has 78 valence electrons. The van der Waals surface area contributed by atoms with Crippen molar-refractivity contribution in [3.63, 3.8) is 0 Å². The molecule has 0 aromatic carbocycles. The Bertz CT molecular complexity index is 305. The van der Waals surface area contributed by atoms with Gasteiger partial charge in [0.25, 0.3) is 5.19 Å². The number of hydrogen-bond acceptors (Lipinski definition) is 4. The Morgan fingerprint density at radius 3 is 3.21 bits per heavy atom. The van der Waals surface area contributed by atoms with E-state index in [0.717, 1.165) is 30.4 Å². The SMILES string of the molecule is CN1CCC(Oc2nc(CCl)cs2)C1. The normalized spacial score (nSPS) is 22.9. The van der Waals surface area contributed by atoms with Gasteiger partial charge in [-0.05, 0) is 13.5 Å². The topological polar surface area (TPSA) is 25.4 Å². The van der Waals surface area contributed by atoms with E-state index >= 15 is 0 Å². The van der Waals surface area contributed by atoms with E-state index < -0.39 is 0 Å². The molecule has 5 heteroatoms. The first-order chi connectivity index (χ1) is 6.78. The lowest BCUT2D eigenvalue weighted by Crippen LogP contribution is -2.21. The fourth-order valence-corrected chi connectivity index (χ4v) is 2.50. The van der Waals surface area contributed by atoms with Crippen LogP contribution in [0.2, 0.25) is 0 Å².